The fourth-order valence-corrected chi connectivity index (χ4v) is 3.18. The average molecular weight is 329 g/mol. The van der Waals surface area contributed by atoms with Gasteiger partial charge >= 0.3 is 0 Å². The molecule has 0 aromatic carbocycles. The molecule has 19 heavy (non-hydrogen) atoms. The van der Waals surface area contributed by atoms with E-state index in [1.165, 1.54) is 10.2 Å². The predicted molar refractivity (Wildman–Crippen MR) is 82.3 cm³/mol. The van der Waals surface area contributed by atoms with Crippen LogP contribution in [0.1, 0.15) is 38.6 Å². The van der Waals surface area contributed by atoms with Gasteiger partial charge in [0, 0.05) is 38.3 Å². The minimum Gasteiger partial charge on any atom is -0.314 e. The molecule has 1 saturated heterocycles. The van der Waals surface area contributed by atoms with Gasteiger partial charge in [-0.15, -0.1) is 0 Å². The van der Waals surface area contributed by atoms with E-state index < -0.39 is 0 Å². The Morgan fingerprint density at radius 3 is 2.79 bits per heavy atom. The van der Waals surface area contributed by atoms with Crippen molar-refractivity contribution in [3.05, 3.63) is 15.9 Å². The summed E-state index contributed by atoms with van der Waals surface area (Å²) in [5.74, 6) is 0. The summed E-state index contributed by atoms with van der Waals surface area (Å²) in [5.41, 5.74) is 2.64. The highest BCUT2D eigenvalue weighted by atomic mass is 79.9. The van der Waals surface area contributed by atoms with Crippen molar-refractivity contribution in [3.63, 3.8) is 0 Å². The van der Waals surface area contributed by atoms with Crippen molar-refractivity contribution in [2.75, 3.05) is 19.6 Å². The second-order valence-electron chi connectivity index (χ2n) is 5.61. The molecule has 2 heterocycles. The van der Waals surface area contributed by atoms with E-state index >= 15 is 0 Å². The van der Waals surface area contributed by atoms with Gasteiger partial charge in [0.05, 0.1) is 15.9 Å². The Kier molecular flexibility index (Phi) is 4.69. The Balaban J connectivity index is 2.24. The SMILES string of the molecule is CCn1nc(C)c(Br)c1CN1CCNCC1(C)CC. The third-order valence-electron chi connectivity index (χ3n) is 4.38. The highest BCUT2D eigenvalue weighted by molar-refractivity contribution is 9.10. The first-order valence-electron chi connectivity index (χ1n) is 7.19. The molecule has 0 amide bonds. The van der Waals surface area contributed by atoms with Crippen LogP contribution in [0, 0.1) is 6.92 Å². The van der Waals surface area contributed by atoms with Gasteiger partial charge in [-0.05, 0) is 43.1 Å². The summed E-state index contributed by atoms with van der Waals surface area (Å²) in [5, 5.41) is 8.11. The Hall–Kier alpha value is -0.390. The van der Waals surface area contributed by atoms with E-state index in [4.69, 9.17) is 0 Å². The monoisotopic (exact) mass is 328 g/mol. The number of piperazine rings is 1. The maximum absolute atomic E-state index is 4.60. The van der Waals surface area contributed by atoms with Crippen molar-refractivity contribution in [1.82, 2.24) is 20.0 Å². The largest absolute Gasteiger partial charge is 0.314 e. The van der Waals surface area contributed by atoms with Crippen molar-refractivity contribution in [3.8, 4) is 0 Å². The van der Waals surface area contributed by atoms with Crippen LogP contribution in [0.3, 0.4) is 0 Å². The van der Waals surface area contributed by atoms with Crippen LogP contribution in [0.15, 0.2) is 4.47 Å². The molecule has 2 rings (SSSR count). The van der Waals surface area contributed by atoms with Crippen LogP contribution in [0.5, 0.6) is 0 Å². The summed E-state index contributed by atoms with van der Waals surface area (Å²) >= 11 is 3.70. The van der Waals surface area contributed by atoms with Gasteiger partial charge in [-0.1, -0.05) is 6.92 Å². The molecule has 1 aliphatic heterocycles. The number of hydrogen-bond acceptors (Lipinski definition) is 3. The summed E-state index contributed by atoms with van der Waals surface area (Å²) in [4.78, 5) is 2.59. The zero-order valence-corrected chi connectivity index (χ0v) is 14.0. The molecule has 1 aromatic rings. The van der Waals surface area contributed by atoms with Gasteiger partial charge < -0.3 is 5.32 Å². The van der Waals surface area contributed by atoms with Gasteiger partial charge in [0.1, 0.15) is 0 Å². The number of nitrogens with zero attached hydrogens (tertiary/aromatic N) is 3. The van der Waals surface area contributed by atoms with Crippen molar-refractivity contribution in [2.24, 2.45) is 0 Å². The first-order chi connectivity index (χ1) is 9.01. The van der Waals surface area contributed by atoms with Crippen molar-refractivity contribution >= 4 is 15.9 Å². The second-order valence-corrected chi connectivity index (χ2v) is 6.40. The Morgan fingerprint density at radius 2 is 2.16 bits per heavy atom. The smallest absolute Gasteiger partial charge is 0.0739 e. The molecule has 1 aromatic heterocycles. The standard InChI is InChI=1S/C14H25BrN4/c1-5-14(4)10-16-7-8-18(14)9-12-13(15)11(3)17-19(12)6-2/h16H,5-10H2,1-4H3. The van der Waals surface area contributed by atoms with Crippen molar-refractivity contribution in [2.45, 2.75) is 52.7 Å². The fourth-order valence-electron chi connectivity index (χ4n) is 2.77. The zero-order chi connectivity index (χ0) is 14.0. The molecule has 1 aliphatic rings. The molecular formula is C14H25BrN4. The number of halogens is 1. The van der Waals surface area contributed by atoms with E-state index in [9.17, 15) is 0 Å². The van der Waals surface area contributed by atoms with E-state index in [0.29, 0.717) is 0 Å². The van der Waals surface area contributed by atoms with E-state index in [-0.39, 0.29) is 5.54 Å². The lowest BCUT2D eigenvalue weighted by atomic mass is 9.94. The minimum absolute atomic E-state index is 0.244. The van der Waals surface area contributed by atoms with Gasteiger partial charge in [-0.25, -0.2) is 0 Å². The summed E-state index contributed by atoms with van der Waals surface area (Å²) in [7, 11) is 0. The van der Waals surface area contributed by atoms with Gasteiger partial charge in [-0.2, -0.15) is 5.10 Å². The van der Waals surface area contributed by atoms with Crippen LogP contribution in [0.2, 0.25) is 0 Å². The van der Waals surface area contributed by atoms with Crippen LogP contribution in [0.4, 0.5) is 0 Å². The molecule has 0 bridgehead atoms. The van der Waals surface area contributed by atoms with E-state index in [1.54, 1.807) is 0 Å². The number of aryl methyl sites for hydroxylation is 2. The van der Waals surface area contributed by atoms with Gasteiger partial charge in [0.2, 0.25) is 0 Å². The molecule has 1 fully saturated rings. The molecular weight excluding hydrogens is 304 g/mol. The molecule has 1 N–H and O–H groups in total. The van der Waals surface area contributed by atoms with Gasteiger partial charge in [-0.3, -0.25) is 9.58 Å². The first kappa shape index (κ1) is 15.0. The minimum atomic E-state index is 0.244. The normalized spacial score (nSPS) is 24.9. The van der Waals surface area contributed by atoms with Crippen LogP contribution >= 0.6 is 15.9 Å². The second kappa shape index (κ2) is 5.94. The molecule has 0 spiro atoms. The van der Waals surface area contributed by atoms with Crippen molar-refractivity contribution in [1.29, 1.82) is 0 Å². The first-order valence-corrected chi connectivity index (χ1v) is 7.98. The third kappa shape index (κ3) is 2.88. The maximum atomic E-state index is 4.60. The molecule has 5 heteroatoms. The number of rotatable bonds is 4. The highest BCUT2D eigenvalue weighted by Gasteiger charge is 2.33. The molecule has 1 unspecified atom stereocenters. The highest BCUT2D eigenvalue weighted by Crippen LogP contribution is 2.28. The number of hydrogen-bond donors (Lipinski definition) is 1. The Bertz CT molecular complexity index is 443. The topological polar surface area (TPSA) is 33.1 Å². The quantitative estimate of drug-likeness (QED) is 0.922. The van der Waals surface area contributed by atoms with E-state index in [1.807, 2.05) is 0 Å². The molecule has 0 radical (unpaired) electrons. The average Bonchev–Trinajstić information content (AvgIpc) is 2.69. The van der Waals surface area contributed by atoms with Gasteiger partial charge in [0.15, 0.2) is 0 Å². The van der Waals surface area contributed by atoms with Crippen LogP contribution in [-0.4, -0.2) is 39.9 Å². The van der Waals surface area contributed by atoms with Crippen LogP contribution in [0.25, 0.3) is 0 Å². The third-order valence-corrected chi connectivity index (χ3v) is 5.41. The zero-order valence-electron chi connectivity index (χ0n) is 12.5. The van der Waals surface area contributed by atoms with E-state index in [0.717, 1.165) is 44.8 Å². The lowest BCUT2D eigenvalue weighted by Gasteiger charge is -2.45. The Morgan fingerprint density at radius 1 is 1.42 bits per heavy atom. The summed E-state index contributed by atoms with van der Waals surface area (Å²) in [6.07, 6.45) is 1.16. The molecule has 4 nitrogen and oxygen atoms in total. The molecule has 1 atom stereocenters. The lowest BCUT2D eigenvalue weighted by molar-refractivity contribution is 0.0609. The molecule has 108 valence electrons. The molecule has 0 aliphatic carbocycles. The predicted octanol–water partition coefficient (Wildman–Crippen LogP) is 2.55. The molecule has 0 saturated carbocycles. The van der Waals surface area contributed by atoms with E-state index in [2.05, 4.69) is 63.6 Å². The summed E-state index contributed by atoms with van der Waals surface area (Å²) in [6.45, 7) is 14.0. The number of aromatic nitrogens is 2. The summed E-state index contributed by atoms with van der Waals surface area (Å²) in [6, 6.07) is 0. The van der Waals surface area contributed by atoms with Gasteiger partial charge in [0.25, 0.3) is 0 Å². The maximum Gasteiger partial charge on any atom is 0.0739 e. The summed E-state index contributed by atoms with van der Waals surface area (Å²) < 4.78 is 3.30. The number of nitrogens with one attached hydrogen (secondary N) is 1. The van der Waals surface area contributed by atoms with Crippen molar-refractivity contribution < 1.29 is 0 Å². The van der Waals surface area contributed by atoms with Crippen LogP contribution in [-0.2, 0) is 13.1 Å². The Labute approximate surface area is 124 Å². The van der Waals surface area contributed by atoms with Crippen LogP contribution < -0.4 is 5.32 Å². The lowest BCUT2D eigenvalue weighted by Crippen LogP contribution is -2.58. The fraction of sp³-hybridized carbons (Fsp3) is 0.786.